The Hall–Kier alpha value is -2.77. The molecule has 0 heterocycles. The number of hydrogen-bond donors (Lipinski definition) is 1. The molecular weight excluding hydrogens is 394 g/mol. The van der Waals surface area contributed by atoms with Crippen LogP contribution in [0, 0.1) is 6.92 Å². The molecule has 3 aromatic carbocycles. The Balaban J connectivity index is 1.95. The van der Waals surface area contributed by atoms with E-state index in [0.717, 1.165) is 9.79 Å². The molecule has 0 radical (unpaired) electrons. The van der Waals surface area contributed by atoms with E-state index in [2.05, 4.69) is 4.72 Å². The lowest BCUT2D eigenvalue weighted by atomic mass is 10.1. The van der Waals surface area contributed by atoms with Crippen LogP contribution >= 0.6 is 11.8 Å². The van der Waals surface area contributed by atoms with Gasteiger partial charge in [0.1, 0.15) is 0 Å². The molecule has 0 unspecified atom stereocenters. The standard InChI is InChI=1S/C21H19NO4S2/c1-15-12-13-16(21(23)26-2)14-20(15)28(24,25)22-18-10-6-7-11-19(18)27-17-8-4-3-5-9-17/h3-14,22H,1-2H3. The third kappa shape index (κ3) is 4.55. The average Bonchev–Trinajstić information content (AvgIpc) is 2.69. The van der Waals surface area contributed by atoms with Crippen LogP contribution in [0.1, 0.15) is 15.9 Å². The number of para-hydroxylation sites is 1. The van der Waals surface area contributed by atoms with Crippen molar-refractivity contribution in [3.63, 3.8) is 0 Å². The molecule has 0 aromatic heterocycles. The van der Waals surface area contributed by atoms with E-state index in [-0.39, 0.29) is 10.5 Å². The number of carbonyl (C=O) groups excluding carboxylic acids is 1. The fraction of sp³-hybridized carbons (Fsp3) is 0.0952. The molecule has 7 heteroatoms. The fourth-order valence-electron chi connectivity index (χ4n) is 2.59. The summed E-state index contributed by atoms with van der Waals surface area (Å²) >= 11 is 1.46. The number of carbonyl (C=O) groups is 1. The van der Waals surface area contributed by atoms with E-state index in [1.54, 1.807) is 31.2 Å². The van der Waals surface area contributed by atoms with Crippen molar-refractivity contribution in [2.75, 3.05) is 11.8 Å². The smallest absolute Gasteiger partial charge is 0.337 e. The molecule has 3 rings (SSSR count). The molecule has 0 aliphatic rings. The van der Waals surface area contributed by atoms with Crippen LogP contribution in [0.2, 0.25) is 0 Å². The monoisotopic (exact) mass is 413 g/mol. The second-order valence-corrected chi connectivity index (χ2v) is 8.75. The van der Waals surface area contributed by atoms with E-state index in [0.29, 0.717) is 11.3 Å². The van der Waals surface area contributed by atoms with Gasteiger partial charge in [-0.1, -0.05) is 48.2 Å². The number of methoxy groups -OCH3 is 1. The Morgan fingerprint density at radius 1 is 0.964 bits per heavy atom. The number of anilines is 1. The fourth-order valence-corrected chi connectivity index (χ4v) is 4.93. The van der Waals surface area contributed by atoms with Gasteiger partial charge in [-0.05, 0) is 48.9 Å². The first kappa shape index (κ1) is 20.0. The lowest BCUT2D eigenvalue weighted by Crippen LogP contribution is -2.16. The van der Waals surface area contributed by atoms with Gasteiger partial charge in [0.15, 0.2) is 0 Å². The highest BCUT2D eigenvalue weighted by molar-refractivity contribution is 7.99. The summed E-state index contributed by atoms with van der Waals surface area (Å²) in [6.07, 6.45) is 0. The van der Waals surface area contributed by atoms with Gasteiger partial charge in [-0.2, -0.15) is 0 Å². The zero-order valence-corrected chi connectivity index (χ0v) is 17.0. The topological polar surface area (TPSA) is 72.5 Å². The molecule has 0 saturated carbocycles. The third-order valence-electron chi connectivity index (χ3n) is 4.00. The van der Waals surface area contributed by atoms with E-state index >= 15 is 0 Å². The van der Waals surface area contributed by atoms with E-state index in [4.69, 9.17) is 4.74 Å². The first-order valence-electron chi connectivity index (χ1n) is 8.44. The maximum absolute atomic E-state index is 13.0. The van der Waals surface area contributed by atoms with Gasteiger partial charge >= 0.3 is 5.97 Å². The van der Waals surface area contributed by atoms with Gasteiger partial charge in [-0.3, -0.25) is 4.72 Å². The lowest BCUT2D eigenvalue weighted by Gasteiger charge is -2.14. The number of sulfonamides is 1. The predicted molar refractivity (Wildman–Crippen MR) is 110 cm³/mol. The molecule has 0 saturated heterocycles. The van der Waals surface area contributed by atoms with Gasteiger partial charge < -0.3 is 4.74 Å². The number of aryl methyl sites for hydroxylation is 1. The second-order valence-electron chi connectivity index (χ2n) is 5.99. The molecular formula is C21H19NO4S2. The summed E-state index contributed by atoms with van der Waals surface area (Å²) in [5, 5.41) is 0. The SMILES string of the molecule is COC(=O)c1ccc(C)c(S(=O)(=O)Nc2ccccc2Sc2ccccc2)c1. The molecule has 144 valence electrons. The summed E-state index contributed by atoms with van der Waals surface area (Å²) in [4.78, 5) is 13.6. The average molecular weight is 414 g/mol. The van der Waals surface area contributed by atoms with Crippen LogP contribution in [0.4, 0.5) is 5.69 Å². The van der Waals surface area contributed by atoms with Crippen molar-refractivity contribution in [2.45, 2.75) is 21.6 Å². The molecule has 0 atom stereocenters. The minimum absolute atomic E-state index is 0.0370. The summed E-state index contributed by atoms with van der Waals surface area (Å²) in [6, 6.07) is 21.3. The van der Waals surface area contributed by atoms with E-state index in [1.807, 2.05) is 42.5 Å². The van der Waals surface area contributed by atoms with Crippen molar-refractivity contribution in [3.05, 3.63) is 83.9 Å². The number of esters is 1. The van der Waals surface area contributed by atoms with Crippen molar-refractivity contribution >= 4 is 33.4 Å². The van der Waals surface area contributed by atoms with E-state index < -0.39 is 16.0 Å². The van der Waals surface area contributed by atoms with Gasteiger partial charge in [0.2, 0.25) is 0 Å². The van der Waals surface area contributed by atoms with Crippen molar-refractivity contribution in [2.24, 2.45) is 0 Å². The van der Waals surface area contributed by atoms with Gasteiger partial charge in [0, 0.05) is 9.79 Å². The van der Waals surface area contributed by atoms with Crippen molar-refractivity contribution in [1.82, 2.24) is 0 Å². The Bertz CT molecular complexity index is 1100. The van der Waals surface area contributed by atoms with Gasteiger partial charge in [0.25, 0.3) is 10.0 Å². The highest BCUT2D eigenvalue weighted by Crippen LogP contribution is 2.34. The normalized spacial score (nSPS) is 11.1. The summed E-state index contributed by atoms with van der Waals surface area (Å²) in [5.41, 5.74) is 1.19. The number of nitrogens with one attached hydrogen (secondary N) is 1. The summed E-state index contributed by atoms with van der Waals surface area (Å²) in [7, 11) is -2.64. The highest BCUT2D eigenvalue weighted by atomic mass is 32.2. The summed E-state index contributed by atoms with van der Waals surface area (Å²) in [5.74, 6) is -0.587. The van der Waals surface area contributed by atoms with Crippen LogP contribution in [-0.2, 0) is 14.8 Å². The molecule has 0 aliphatic carbocycles. The van der Waals surface area contributed by atoms with Crippen LogP contribution in [0.3, 0.4) is 0 Å². The van der Waals surface area contributed by atoms with Crippen LogP contribution in [0.5, 0.6) is 0 Å². The Morgan fingerprint density at radius 3 is 2.36 bits per heavy atom. The summed E-state index contributed by atoms with van der Waals surface area (Å²) < 4.78 is 33.4. The number of hydrogen-bond acceptors (Lipinski definition) is 5. The number of rotatable bonds is 6. The first-order valence-corrected chi connectivity index (χ1v) is 10.7. The van der Waals surface area contributed by atoms with Gasteiger partial charge in [-0.15, -0.1) is 0 Å². The molecule has 0 amide bonds. The summed E-state index contributed by atoms with van der Waals surface area (Å²) in [6.45, 7) is 1.68. The molecule has 3 aromatic rings. The van der Waals surface area contributed by atoms with Crippen LogP contribution in [-0.4, -0.2) is 21.5 Å². The van der Waals surface area contributed by atoms with Gasteiger partial charge in [0.05, 0.1) is 23.3 Å². The molecule has 0 bridgehead atoms. The van der Waals surface area contributed by atoms with E-state index in [9.17, 15) is 13.2 Å². The third-order valence-corrected chi connectivity index (χ3v) is 6.59. The quantitative estimate of drug-likeness (QED) is 0.591. The van der Waals surface area contributed by atoms with Crippen LogP contribution in [0.25, 0.3) is 0 Å². The minimum atomic E-state index is -3.89. The zero-order chi connectivity index (χ0) is 20.1. The molecule has 0 spiro atoms. The van der Waals surface area contributed by atoms with Gasteiger partial charge in [-0.25, -0.2) is 13.2 Å². The largest absolute Gasteiger partial charge is 0.465 e. The van der Waals surface area contributed by atoms with Crippen LogP contribution in [0.15, 0.2) is 87.5 Å². The van der Waals surface area contributed by atoms with Crippen molar-refractivity contribution < 1.29 is 17.9 Å². The van der Waals surface area contributed by atoms with E-state index in [1.165, 1.54) is 24.9 Å². The Kier molecular flexibility index (Phi) is 6.06. The molecule has 5 nitrogen and oxygen atoms in total. The minimum Gasteiger partial charge on any atom is -0.465 e. The molecule has 1 N–H and O–H groups in total. The predicted octanol–water partition coefficient (Wildman–Crippen LogP) is 4.73. The van der Waals surface area contributed by atoms with Crippen molar-refractivity contribution in [1.29, 1.82) is 0 Å². The highest BCUT2D eigenvalue weighted by Gasteiger charge is 2.21. The van der Waals surface area contributed by atoms with Crippen LogP contribution < -0.4 is 4.72 Å². The molecule has 0 fully saturated rings. The first-order chi connectivity index (χ1) is 13.4. The number of ether oxygens (including phenoxy) is 1. The van der Waals surface area contributed by atoms with Crippen molar-refractivity contribution in [3.8, 4) is 0 Å². The molecule has 0 aliphatic heterocycles. The number of benzene rings is 3. The zero-order valence-electron chi connectivity index (χ0n) is 15.4. The lowest BCUT2D eigenvalue weighted by molar-refractivity contribution is 0.0600. The Labute approximate surface area is 168 Å². The Morgan fingerprint density at radius 2 is 1.64 bits per heavy atom. The molecule has 28 heavy (non-hydrogen) atoms. The maximum Gasteiger partial charge on any atom is 0.337 e. The maximum atomic E-state index is 13.0. The second kappa shape index (κ2) is 8.50.